The van der Waals surface area contributed by atoms with Crippen molar-refractivity contribution in [3.05, 3.63) is 24.3 Å². The standard InChI is InChI=1S/C19H29OP.BF4/c1-20-16-12-14-19(15-13-16)21(17-8-4-2-5-9-17)18-10-6-3-7-11-18;2-1(3,4)5/h12-15,17-18H,2-11H2,1H3;/q;-1/p+1. The molecule has 1 aromatic rings. The van der Waals surface area contributed by atoms with E-state index in [-0.39, 0.29) is 0 Å². The first-order valence-corrected chi connectivity index (χ1v) is 11.4. The molecule has 2 fully saturated rings. The molecule has 0 N–H and O–H groups in total. The number of ether oxygens (including phenoxy) is 1. The van der Waals surface area contributed by atoms with Crippen molar-refractivity contribution in [2.24, 2.45) is 0 Å². The first-order chi connectivity index (χ1) is 12.4. The van der Waals surface area contributed by atoms with Crippen molar-refractivity contribution in [3.63, 3.8) is 0 Å². The normalized spacial score (nSPS) is 19.8. The highest BCUT2D eigenvalue weighted by molar-refractivity contribution is 7.67. The van der Waals surface area contributed by atoms with Gasteiger partial charge in [-0.2, -0.15) is 0 Å². The average Bonchev–Trinajstić information content (AvgIpc) is 2.63. The second-order valence-corrected chi connectivity index (χ2v) is 10.5. The van der Waals surface area contributed by atoms with E-state index >= 15 is 0 Å². The van der Waals surface area contributed by atoms with Crippen LogP contribution in [0.25, 0.3) is 0 Å². The molecule has 0 atom stereocenters. The smallest absolute Gasteiger partial charge is 0.497 e. The molecule has 2 aliphatic rings. The highest BCUT2D eigenvalue weighted by atomic mass is 31.1. The predicted octanol–water partition coefficient (Wildman–Crippen LogP) is 6.50. The van der Waals surface area contributed by atoms with Crippen LogP contribution in [0.4, 0.5) is 17.3 Å². The van der Waals surface area contributed by atoms with Gasteiger partial charge in [-0.3, -0.25) is 0 Å². The molecule has 2 aliphatic carbocycles. The average molecular weight is 392 g/mol. The third kappa shape index (κ3) is 7.46. The van der Waals surface area contributed by atoms with Crippen LogP contribution in [0.2, 0.25) is 0 Å². The fraction of sp³-hybridized carbons (Fsp3) is 0.684. The van der Waals surface area contributed by atoms with E-state index in [4.69, 9.17) is 4.74 Å². The number of halogens is 4. The molecule has 7 heteroatoms. The van der Waals surface area contributed by atoms with Gasteiger partial charge in [0.05, 0.1) is 23.7 Å². The van der Waals surface area contributed by atoms with Crippen molar-refractivity contribution < 1.29 is 22.0 Å². The molecule has 0 saturated heterocycles. The summed E-state index contributed by atoms with van der Waals surface area (Å²) in [5.41, 5.74) is 2.06. The lowest BCUT2D eigenvalue weighted by Gasteiger charge is -2.32. The van der Waals surface area contributed by atoms with Gasteiger partial charge in [-0.25, -0.2) is 0 Å². The summed E-state index contributed by atoms with van der Waals surface area (Å²) in [5.74, 6) is 1.01. The van der Waals surface area contributed by atoms with Crippen LogP contribution >= 0.6 is 7.92 Å². The Morgan fingerprint density at radius 2 is 1.15 bits per heavy atom. The van der Waals surface area contributed by atoms with E-state index in [1.807, 2.05) is 0 Å². The van der Waals surface area contributed by atoms with Gasteiger partial charge >= 0.3 is 7.25 Å². The molecule has 0 aliphatic heterocycles. The van der Waals surface area contributed by atoms with E-state index in [1.54, 1.807) is 12.4 Å². The quantitative estimate of drug-likeness (QED) is 0.323. The molecule has 0 heterocycles. The molecule has 26 heavy (non-hydrogen) atoms. The molecule has 1 aromatic carbocycles. The topological polar surface area (TPSA) is 9.23 Å². The van der Waals surface area contributed by atoms with Crippen LogP contribution in [0, 0.1) is 0 Å². The second-order valence-electron chi connectivity index (χ2n) is 7.35. The molecule has 0 bridgehead atoms. The first-order valence-electron chi connectivity index (χ1n) is 9.77. The maximum atomic E-state index is 9.75. The zero-order valence-electron chi connectivity index (χ0n) is 15.5. The van der Waals surface area contributed by atoms with Crippen LogP contribution in [0.1, 0.15) is 64.2 Å². The molecule has 0 aromatic heterocycles. The lowest BCUT2D eigenvalue weighted by atomic mass is 9.99. The van der Waals surface area contributed by atoms with Gasteiger partial charge in [0.1, 0.15) is 5.75 Å². The number of hydrogen-bond donors (Lipinski definition) is 0. The van der Waals surface area contributed by atoms with Crippen molar-refractivity contribution in [2.75, 3.05) is 7.11 Å². The second kappa shape index (κ2) is 10.5. The van der Waals surface area contributed by atoms with Gasteiger partial charge in [-0.05, 0) is 75.6 Å². The van der Waals surface area contributed by atoms with Crippen LogP contribution in [-0.2, 0) is 0 Å². The minimum absolute atomic E-state index is 0.404. The van der Waals surface area contributed by atoms with Gasteiger partial charge in [0.25, 0.3) is 0 Å². The van der Waals surface area contributed by atoms with Gasteiger partial charge in [0.15, 0.2) is 0 Å². The Morgan fingerprint density at radius 1 is 0.769 bits per heavy atom. The summed E-state index contributed by atoms with van der Waals surface area (Å²) in [4.78, 5) is 0. The van der Waals surface area contributed by atoms with Crippen molar-refractivity contribution in [2.45, 2.75) is 75.5 Å². The van der Waals surface area contributed by atoms with Crippen molar-refractivity contribution in [3.8, 4) is 5.75 Å². The highest BCUT2D eigenvalue weighted by Gasteiger charge is 2.38. The number of benzene rings is 1. The van der Waals surface area contributed by atoms with Crippen LogP contribution in [-0.4, -0.2) is 25.7 Å². The van der Waals surface area contributed by atoms with Gasteiger partial charge in [-0.15, -0.1) is 0 Å². The van der Waals surface area contributed by atoms with Crippen molar-refractivity contribution in [1.29, 1.82) is 0 Å². The molecule has 0 radical (unpaired) electrons. The molecular formula is C19H30BF4OP. The Hall–Kier alpha value is -0.765. The summed E-state index contributed by atoms with van der Waals surface area (Å²) >= 11 is 0. The maximum Gasteiger partial charge on any atom is 0.673 e. The Kier molecular flexibility index (Phi) is 8.73. The lowest BCUT2D eigenvalue weighted by molar-refractivity contribution is 0.368. The molecule has 1 nitrogen and oxygen atoms in total. The SMILES string of the molecule is COc1ccc([PH+](C2CCCCC2)C2CCCCC2)cc1.F[B-](F)(F)F. The van der Waals surface area contributed by atoms with Gasteiger partial charge in [0, 0.05) is 7.92 Å². The Morgan fingerprint density at radius 3 is 1.50 bits per heavy atom. The van der Waals surface area contributed by atoms with Gasteiger partial charge in [-0.1, -0.05) is 12.8 Å². The Bertz CT molecular complexity index is 487. The largest absolute Gasteiger partial charge is 0.673 e. The van der Waals surface area contributed by atoms with Crippen molar-refractivity contribution >= 4 is 20.5 Å². The summed E-state index contributed by atoms with van der Waals surface area (Å²) in [6.45, 7) is 0. The summed E-state index contributed by atoms with van der Waals surface area (Å²) in [7, 11) is -4.64. The molecule has 2 saturated carbocycles. The summed E-state index contributed by atoms with van der Waals surface area (Å²) in [6.07, 6.45) is 14.8. The third-order valence-corrected chi connectivity index (χ3v) is 9.43. The first kappa shape index (κ1) is 21.5. The molecule has 3 rings (SSSR count). The lowest BCUT2D eigenvalue weighted by Crippen LogP contribution is -2.26. The molecule has 0 spiro atoms. The van der Waals surface area contributed by atoms with Crippen LogP contribution in [0.3, 0.4) is 0 Å². The Balaban J connectivity index is 0.000000431. The molecule has 0 unspecified atom stereocenters. The fourth-order valence-electron chi connectivity index (χ4n) is 4.42. The monoisotopic (exact) mass is 392 g/mol. The molecule has 148 valence electrons. The van der Waals surface area contributed by atoms with Crippen molar-refractivity contribution in [1.82, 2.24) is 0 Å². The zero-order valence-corrected chi connectivity index (χ0v) is 16.5. The van der Waals surface area contributed by atoms with Crippen LogP contribution < -0.4 is 10.0 Å². The van der Waals surface area contributed by atoms with E-state index in [2.05, 4.69) is 24.3 Å². The molecular weight excluding hydrogens is 362 g/mol. The van der Waals surface area contributed by atoms with Gasteiger partial charge in [0.2, 0.25) is 0 Å². The van der Waals surface area contributed by atoms with E-state index < -0.39 is 15.2 Å². The zero-order chi connectivity index (χ0) is 19.0. The fourth-order valence-corrected chi connectivity index (χ4v) is 8.64. The van der Waals surface area contributed by atoms with Gasteiger partial charge < -0.3 is 22.0 Å². The third-order valence-electron chi connectivity index (χ3n) is 5.51. The summed E-state index contributed by atoms with van der Waals surface area (Å²) in [5, 5.41) is 1.68. The van der Waals surface area contributed by atoms with E-state index in [9.17, 15) is 17.3 Å². The minimum atomic E-state index is -6.00. The summed E-state index contributed by atoms with van der Waals surface area (Å²) in [6, 6.07) is 9.14. The summed E-state index contributed by atoms with van der Waals surface area (Å²) < 4.78 is 44.4. The maximum absolute atomic E-state index is 9.75. The number of hydrogen-bond acceptors (Lipinski definition) is 1. The number of methoxy groups -OCH3 is 1. The van der Waals surface area contributed by atoms with Crippen LogP contribution in [0.5, 0.6) is 5.75 Å². The van der Waals surface area contributed by atoms with E-state index in [0.29, 0.717) is 0 Å². The molecule has 0 amide bonds. The predicted molar refractivity (Wildman–Crippen MR) is 105 cm³/mol. The van der Waals surface area contributed by atoms with E-state index in [0.717, 1.165) is 17.1 Å². The highest BCUT2D eigenvalue weighted by Crippen LogP contribution is 2.54. The minimum Gasteiger partial charge on any atom is -0.497 e. The Labute approximate surface area is 155 Å². The van der Waals surface area contributed by atoms with Crippen LogP contribution in [0.15, 0.2) is 24.3 Å². The number of rotatable bonds is 4. The van der Waals surface area contributed by atoms with E-state index in [1.165, 1.54) is 64.2 Å².